The molecule has 7 atom stereocenters. The maximum absolute atomic E-state index is 14.7. The molecule has 0 amide bonds. The molecule has 6 aliphatic rings. The van der Waals surface area contributed by atoms with E-state index in [0.29, 0.717) is 28.4 Å². The van der Waals surface area contributed by atoms with Gasteiger partial charge in [0, 0.05) is 23.4 Å². The summed E-state index contributed by atoms with van der Waals surface area (Å²) >= 11 is 0. The fourth-order valence-electron chi connectivity index (χ4n) is 11.7. The Hall–Kier alpha value is -1.42. The zero-order valence-electron chi connectivity index (χ0n) is 25.1. The number of nitrogens with zero attached hydrogens (tertiary/aromatic N) is 2. The van der Waals surface area contributed by atoms with Gasteiger partial charge in [-0.3, -0.25) is 4.79 Å². The summed E-state index contributed by atoms with van der Waals surface area (Å²) in [6.07, 6.45) is 15.2. The van der Waals surface area contributed by atoms with Crippen molar-refractivity contribution in [1.29, 1.82) is 0 Å². The van der Waals surface area contributed by atoms with Gasteiger partial charge in [-0.1, -0.05) is 59.2 Å². The van der Waals surface area contributed by atoms with Gasteiger partial charge in [0.05, 0.1) is 6.20 Å². The van der Waals surface area contributed by atoms with Crippen molar-refractivity contribution in [1.82, 2.24) is 10.1 Å². The van der Waals surface area contributed by atoms with Gasteiger partial charge in [-0.05, 0) is 116 Å². The summed E-state index contributed by atoms with van der Waals surface area (Å²) in [5, 5.41) is 4.24. The molecule has 4 fully saturated rings. The van der Waals surface area contributed by atoms with E-state index in [0.717, 1.165) is 12.2 Å². The van der Waals surface area contributed by atoms with Crippen LogP contribution in [-0.4, -0.2) is 35.5 Å². The SMILES string of the molecule is CC1(C)CC[C@]2(CN3CCC3)CC[C@]3(C)[C@H](C(=O)C=C4[C@@]5(C)Cc6cnoc6C(C)(C)[C@@H]5CC[C@]43C)[C@@H]2C1. The summed E-state index contributed by atoms with van der Waals surface area (Å²) in [4.78, 5) is 17.4. The second-order valence-corrected chi connectivity index (χ2v) is 16.7. The number of ketones is 1. The highest BCUT2D eigenvalue weighted by Gasteiger charge is 2.70. The summed E-state index contributed by atoms with van der Waals surface area (Å²) in [6.45, 7) is 21.0. The van der Waals surface area contributed by atoms with Crippen molar-refractivity contribution in [2.24, 2.45) is 44.8 Å². The number of hydrogen-bond acceptors (Lipinski definition) is 4. The van der Waals surface area contributed by atoms with E-state index in [1.54, 1.807) is 0 Å². The van der Waals surface area contributed by atoms with Crippen LogP contribution in [0.3, 0.4) is 0 Å². The highest BCUT2D eigenvalue weighted by atomic mass is 16.5. The third kappa shape index (κ3) is 3.08. The van der Waals surface area contributed by atoms with Crippen LogP contribution in [0.2, 0.25) is 0 Å². The van der Waals surface area contributed by atoms with Gasteiger partial charge in [0.1, 0.15) is 5.76 Å². The molecule has 5 aliphatic carbocycles. The Labute approximate surface area is 230 Å². The molecule has 2 heterocycles. The minimum Gasteiger partial charge on any atom is -0.361 e. The fraction of sp³-hybridized carbons (Fsp3) is 0.824. The van der Waals surface area contributed by atoms with E-state index in [1.807, 2.05) is 6.20 Å². The predicted molar refractivity (Wildman–Crippen MR) is 151 cm³/mol. The van der Waals surface area contributed by atoms with E-state index in [9.17, 15) is 4.79 Å². The highest BCUT2D eigenvalue weighted by Crippen LogP contribution is 2.74. The average Bonchev–Trinajstić information content (AvgIpc) is 3.27. The number of carbonyl (C=O) groups excluding carboxylic acids is 1. The number of likely N-dealkylation sites (tertiary alicyclic amines) is 1. The second-order valence-electron chi connectivity index (χ2n) is 16.7. The quantitative estimate of drug-likeness (QED) is 0.410. The molecule has 38 heavy (non-hydrogen) atoms. The molecule has 1 aromatic heterocycles. The van der Waals surface area contributed by atoms with Crippen LogP contribution in [-0.2, 0) is 16.6 Å². The second kappa shape index (κ2) is 7.65. The number of aromatic nitrogens is 1. The number of carbonyl (C=O) groups is 1. The van der Waals surface area contributed by atoms with Crippen molar-refractivity contribution >= 4 is 5.78 Å². The summed E-state index contributed by atoms with van der Waals surface area (Å²) in [5.74, 6) is 2.67. The first kappa shape index (κ1) is 25.5. The molecule has 0 bridgehead atoms. The molecule has 4 heteroatoms. The maximum atomic E-state index is 14.7. The molecule has 4 nitrogen and oxygen atoms in total. The van der Waals surface area contributed by atoms with E-state index < -0.39 is 0 Å². The van der Waals surface area contributed by atoms with Crippen molar-refractivity contribution in [2.45, 2.75) is 112 Å². The molecule has 0 spiro atoms. The van der Waals surface area contributed by atoms with E-state index in [2.05, 4.69) is 64.6 Å². The Morgan fingerprint density at radius 1 is 1.00 bits per heavy atom. The van der Waals surface area contributed by atoms with Crippen LogP contribution >= 0.6 is 0 Å². The summed E-state index contributed by atoms with van der Waals surface area (Å²) < 4.78 is 5.85. The summed E-state index contributed by atoms with van der Waals surface area (Å²) in [7, 11) is 0. The van der Waals surface area contributed by atoms with Crippen molar-refractivity contribution in [3.8, 4) is 0 Å². The van der Waals surface area contributed by atoms with E-state index >= 15 is 0 Å². The zero-order valence-corrected chi connectivity index (χ0v) is 25.1. The summed E-state index contributed by atoms with van der Waals surface area (Å²) in [5.41, 5.74) is 3.35. The smallest absolute Gasteiger partial charge is 0.159 e. The normalized spacial score (nSPS) is 47.0. The van der Waals surface area contributed by atoms with Crippen LogP contribution in [0.1, 0.15) is 111 Å². The monoisotopic (exact) mass is 518 g/mol. The van der Waals surface area contributed by atoms with Gasteiger partial charge in [-0.2, -0.15) is 0 Å². The minimum absolute atomic E-state index is 0.0255. The lowest BCUT2D eigenvalue weighted by Gasteiger charge is -2.70. The van der Waals surface area contributed by atoms with E-state index in [1.165, 1.54) is 82.1 Å². The zero-order chi connectivity index (χ0) is 26.9. The van der Waals surface area contributed by atoms with Gasteiger partial charge in [0.2, 0.25) is 0 Å². The average molecular weight is 519 g/mol. The largest absolute Gasteiger partial charge is 0.361 e. The van der Waals surface area contributed by atoms with E-state index in [-0.39, 0.29) is 27.6 Å². The Balaban J connectivity index is 1.34. The molecule has 0 N–H and O–H groups in total. The first-order valence-corrected chi connectivity index (χ1v) is 15.7. The lowest BCUT2D eigenvalue weighted by molar-refractivity contribution is -0.176. The lowest BCUT2D eigenvalue weighted by Crippen LogP contribution is -2.66. The molecule has 1 aliphatic heterocycles. The van der Waals surface area contributed by atoms with Gasteiger partial charge < -0.3 is 9.42 Å². The third-order valence-corrected chi connectivity index (χ3v) is 14.0. The molecular formula is C34H50N2O2. The van der Waals surface area contributed by atoms with Gasteiger partial charge in [-0.15, -0.1) is 0 Å². The summed E-state index contributed by atoms with van der Waals surface area (Å²) in [6, 6.07) is 0. The molecule has 1 aromatic rings. The molecule has 3 saturated carbocycles. The Bertz CT molecular complexity index is 1200. The van der Waals surface area contributed by atoms with Crippen LogP contribution in [0.15, 0.2) is 22.4 Å². The van der Waals surface area contributed by atoms with Gasteiger partial charge >= 0.3 is 0 Å². The number of hydrogen-bond donors (Lipinski definition) is 0. The number of allylic oxidation sites excluding steroid dienone is 2. The maximum Gasteiger partial charge on any atom is 0.159 e. The van der Waals surface area contributed by atoms with Crippen molar-refractivity contribution in [3.63, 3.8) is 0 Å². The van der Waals surface area contributed by atoms with Crippen LogP contribution in [0.25, 0.3) is 0 Å². The van der Waals surface area contributed by atoms with Crippen LogP contribution < -0.4 is 0 Å². The molecule has 7 rings (SSSR count). The topological polar surface area (TPSA) is 46.3 Å². The lowest BCUT2D eigenvalue weighted by atomic mass is 9.34. The first-order chi connectivity index (χ1) is 17.8. The highest BCUT2D eigenvalue weighted by molar-refractivity contribution is 5.95. The number of fused-ring (bicyclic) bond motifs is 8. The third-order valence-electron chi connectivity index (χ3n) is 14.0. The van der Waals surface area contributed by atoms with Crippen molar-refractivity contribution < 1.29 is 9.32 Å². The fourth-order valence-corrected chi connectivity index (χ4v) is 11.7. The Morgan fingerprint density at radius 3 is 2.45 bits per heavy atom. The molecule has 1 saturated heterocycles. The molecule has 0 radical (unpaired) electrons. The van der Waals surface area contributed by atoms with Gasteiger partial charge in [0.15, 0.2) is 5.78 Å². The minimum atomic E-state index is -0.0753. The molecule has 0 unspecified atom stereocenters. The molecule has 0 aromatic carbocycles. The van der Waals surface area contributed by atoms with Gasteiger partial charge in [0.25, 0.3) is 0 Å². The molecular weight excluding hydrogens is 468 g/mol. The van der Waals surface area contributed by atoms with Crippen LogP contribution in [0.4, 0.5) is 0 Å². The van der Waals surface area contributed by atoms with E-state index in [4.69, 9.17) is 4.52 Å². The molecule has 208 valence electrons. The number of rotatable bonds is 2. The van der Waals surface area contributed by atoms with Crippen molar-refractivity contribution in [3.05, 3.63) is 29.2 Å². The van der Waals surface area contributed by atoms with Crippen LogP contribution in [0, 0.1) is 44.8 Å². The standard InChI is InChI=1S/C34H50N2O2/c1-29(2)11-13-34(21-36-15-8-16-36)14-12-33(7)27(23(34)19-29)24(37)17-26-31(5)18-22-20-35-38-28(22)30(3,4)25(31)9-10-32(26,33)6/h17,20,23,25,27H,8-16,18-19,21H2,1-7H3/t23-,25-,27-,31-,32+,33+,34+/m0/s1. The van der Waals surface area contributed by atoms with Crippen LogP contribution in [0.5, 0.6) is 0 Å². The van der Waals surface area contributed by atoms with Crippen molar-refractivity contribution in [2.75, 3.05) is 19.6 Å². The Kier molecular flexibility index (Phi) is 5.14. The first-order valence-electron chi connectivity index (χ1n) is 15.7. The van der Waals surface area contributed by atoms with Gasteiger partial charge in [-0.25, -0.2) is 0 Å². The Morgan fingerprint density at radius 2 is 1.74 bits per heavy atom. The predicted octanol–water partition coefficient (Wildman–Crippen LogP) is 7.37.